The van der Waals surface area contributed by atoms with Crippen LogP contribution in [0.4, 0.5) is 5.69 Å². The van der Waals surface area contributed by atoms with E-state index in [0.717, 1.165) is 26.5 Å². The number of carbonyl (C=O) groups excluding carboxylic acids is 1. The zero-order valence-corrected chi connectivity index (χ0v) is 16.1. The lowest BCUT2D eigenvalue weighted by atomic mass is 10.2. The molecule has 8 heteroatoms. The molecule has 0 saturated carbocycles. The Morgan fingerprint density at radius 1 is 1.19 bits per heavy atom. The van der Waals surface area contributed by atoms with Crippen molar-refractivity contribution in [3.8, 4) is 10.6 Å². The number of carbonyl (C=O) groups is 1. The molecule has 1 N–H and O–H groups in total. The summed E-state index contributed by atoms with van der Waals surface area (Å²) in [5.74, 6) is 1.92. The van der Waals surface area contributed by atoms with E-state index in [2.05, 4.69) is 26.5 Å². The molecule has 0 fully saturated rings. The summed E-state index contributed by atoms with van der Waals surface area (Å²) < 4.78 is 6.06. The second-order valence-electron chi connectivity index (χ2n) is 5.84. The first kappa shape index (κ1) is 17.7. The number of amides is 1. The van der Waals surface area contributed by atoms with Crippen LogP contribution < -0.4 is 5.32 Å². The Morgan fingerprint density at radius 2 is 2.07 bits per heavy atom. The van der Waals surface area contributed by atoms with Crippen molar-refractivity contribution < 1.29 is 9.32 Å². The first-order valence-corrected chi connectivity index (χ1v) is 10.3. The molecule has 0 bridgehead atoms. The lowest BCUT2D eigenvalue weighted by molar-refractivity contribution is -0.113. The molecule has 6 nitrogen and oxygen atoms in total. The number of thiazole rings is 1. The average Bonchev–Trinajstić information content (AvgIpc) is 3.28. The SMILES string of the molecule is Cc1nc(CSCC(=O)Nc2cccc(-c3nc4ccccc4s3)c2)no1. The summed E-state index contributed by atoms with van der Waals surface area (Å²) >= 11 is 3.08. The molecular formula is C19H16N4O2S2. The third-order valence-electron chi connectivity index (χ3n) is 3.72. The number of nitrogens with one attached hydrogen (secondary N) is 1. The van der Waals surface area contributed by atoms with Crippen LogP contribution in [-0.4, -0.2) is 26.8 Å². The maximum Gasteiger partial charge on any atom is 0.234 e. The topological polar surface area (TPSA) is 80.9 Å². The highest BCUT2D eigenvalue weighted by Crippen LogP contribution is 2.31. The summed E-state index contributed by atoms with van der Waals surface area (Å²) in [6.07, 6.45) is 0. The van der Waals surface area contributed by atoms with E-state index in [1.54, 1.807) is 18.3 Å². The zero-order chi connectivity index (χ0) is 18.6. The summed E-state index contributed by atoms with van der Waals surface area (Å²) in [7, 11) is 0. The number of anilines is 1. The Bertz CT molecular complexity index is 1060. The quantitative estimate of drug-likeness (QED) is 0.516. The van der Waals surface area contributed by atoms with E-state index in [4.69, 9.17) is 4.52 Å². The number of hydrogen-bond donors (Lipinski definition) is 1. The van der Waals surface area contributed by atoms with Gasteiger partial charge in [-0.3, -0.25) is 4.79 Å². The summed E-state index contributed by atoms with van der Waals surface area (Å²) in [6.45, 7) is 1.74. The van der Waals surface area contributed by atoms with Gasteiger partial charge in [0.15, 0.2) is 5.82 Å². The number of thioether (sulfide) groups is 1. The van der Waals surface area contributed by atoms with Crippen molar-refractivity contribution in [2.75, 3.05) is 11.1 Å². The predicted molar refractivity (Wildman–Crippen MR) is 109 cm³/mol. The van der Waals surface area contributed by atoms with E-state index < -0.39 is 0 Å². The lowest BCUT2D eigenvalue weighted by Gasteiger charge is -2.06. The van der Waals surface area contributed by atoms with Gasteiger partial charge in [-0.2, -0.15) is 4.98 Å². The van der Waals surface area contributed by atoms with E-state index >= 15 is 0 Å². The lowest BCUT2D eigenvalue weighted by Crippen LogP contribution is -2.14. The maximum atomic E-state index is 12.2. The number of fused-ring (bicyclic) bond motifs is 1. The van der Waals surface area contributed by atoms with E-state index in [0.29, 0.717) is 23.2 Å². The molecule has 136 valence electrons. The Hall–Kier alpha value is -2.71. The Balaban J connectivity index is 1.39. The summed E-state index contributed by atoms with van der Waals surface area (Å²) in [5, 5.41) is 7.68. The number of aromatic nitrogens is 3. The Labute approximate surface area is 164 Å². The van der Waals surface area contributed by atoms with Crippen LogP contribution in [0.15, 0.2) is 53.1 Å². The number of benzene rings is 2. The fourth-order valence-electron chi connectivity index (χ4n) is 2.56. The molecule has 0 spiro atoms. The average molecular weight is 396 g/mol. The second-order valence-corrected chi connectivity index (χ2v) is 7.85. The van der Waals surface area contributed by atoms with Gasteiger partial charge in [-0.05, 0) is 24.3 Å². The Morgan fingerprint density at radius 3 is 2.89 bits per heavy atom. The summed E-state index contributed by atoms with van der Waals surface area (Å²) in [6, 6.07) is 15.8. The molecule has 4 aromatic rings. The number of aryl methyl sites for hydroxylation is 1. The molecule has 0 aliphatic carbocycles. The molecule has 2 heterocycles. The minimum Gasteiger partial charge on any atom is -0.340 e. The van der Waals surface area contributed by atoms with E-state index in [1.165, 1.54) is 11.8 Å². The van der Waals surface area contributed by atoms with Crippen LogP contribution in [0, 0.1) is 6.92 Å². The van der Waals surface area contributed by atoms with Gasteiger partial charge in [0.1, 0.15) is 5.01 Å². The summed E-state index contributed by atoms with van der Waals surface area (Å²) in [5.41, 5.74) is 2.73. The molecule has 0 aliphatic rings. The fraction of sp³-hybridized carbons (Fsp3) is 0.158. The number of nitrogens with zero attached hydrogens (tertiary/aromatic N) is 3. The molecule has 0 unspecified atom stereocenters. The van der Waals surface area contributed by atoms with Gasteiger partial charge in [0, 0.05) is 18.2 Å². The van der Waals surface area contributed by atoms with Gasteiger partial charge in [0.25, 0.3) is 0 Å². The molecule has 4 rings (SSSR count). The van der Waals surface area contributed by atoms with Gasteiger partial charge in [-0.25, -0.2) is 4.98 Å². The smallest absolute Gasteiger partial charge is 0.234 e. The number of rotatable bonds is 6. The van der Waals surface area contributed by atoms with Gasteiger partial charge in [-0.1, -0.05) is 29.4 Å². The monoisotopic (exact) mass is 396 g/mol. The standard InChI is InChI=1S/C19H16N4O2S2/c1-12-20-17(23-25-12)10-26-11-18(24)21-14-6-4-5-13(9-14)19-22-15-7-2-3-8-16(15)27-19/h2-9H,10-11H2,1H3,(H,21,24). The molecule has 27 heavy (non-hydrogen) atoms. The van der Waals surface area contributed by atoms with Crippen molar-refractivity contribution >= 4 is 44.9 Å². The second kappa shape index (κ2) is 7.89. The van der Waals surface area contributed by atoms with Crippen molar-refractivity contribution in [2.24, 2.45) is 0 Å². The highest BCUT2D eigenvalue weighted by atomic mass is 32.2. The molecule has 0 saturated heterocycles. The number of para-hydroxylation sites is 1. The van der Waals surface area contributed by atoms with Gasteiger partial charge >= 0.3 is 0 Å². The zero-order valence-electron chi connectivity index (χ0n) is 14.5. The molecule has 0 radical (unpaired) electrons. The van der Waals surface area contributed by atoms with Crippen molar-refractivity contribution in [1.82, 2.24) is 15.1 Å². The van der Waals surface area contributed by atoms with E-state index in [1.807, 2.05) is 42.5 Å². The predicted octanol–water partition coefficient (Wildman–Crippen LogP) is 4.53. The molecule has 1 amide bonds. The van der Waals surface area contributed by atoms with E-state index in [-0.39, 0.29) is 5.91 Å². The Kier molecular flexibility index (Phi) is 5.17. The van der Waals surface area contributed by atoms with Crippen LogP contribution in [-0.2, 0) is 10.5 Å². The van der Waals surface area contributed by atoms with Crippen LogP contribution >= 0.6 is 23.1 Å². The van der Waals surface area contributed by atoms with Crippen molar-refractivity contribution in [3.05, 3.63) is 60.2 Å². The van der Waals surface area contributed by atoms with Crippen LogP contribution in [0.5, 0.6) is 0 Å². The largest absolute Gasteiger partial charge is 0.340 e. The maximum absolute atomic E-state index is 12.2. The minimum atomic E-state index is -0.0679. The van der Waals surface area contributed by atoms with Crippen LogP contribution in [0.1, 0.15) is 11.7 Å². The highest BCUT2D eigenvalue weighted by molar-refractivity contribution is 7.99. The normalized spacial score (nSPS) is 11.0. The van der Waals surface area contributed by atoms with Gasteiger partial charge < -0.3 is 9.84 Å². The van der Waals surface area contributed by atoms with Gasteiger partial charge in [0.2, 0.25) is 11.8 Å². The highest BCUT2D eigenvalue weighted by Gasteiger charge is 2.09. The van der Waals surface area contributed by atoms with Crippen LogP contribution in [0.2, 0.25) is 0 Å². The fourth-order valence-corrected chi connectivity index (χ4v) is 4.18. The molecule has 0 aliphatic heterocycles. The van der Waals surface area contributed by atoms with Crippen LogP contribution in [0.3, 0.4) is 0 Å². The van der Waals surface area contributed by atoms with Gasteiger partial charge in [0.05, 0.1) is 21.7 Å². The minimum absolute atomic E-state index is 0.0679. The van der Waals surface area contributed by atoms with Crippen molar-refractivity contribution in [2.45, 2.75) is 12.7 Å². The molecule has 2 aromatic carbocycles. The first-order valence-electron chi connectivity index (χ1n) is 8.30. The first-order chi connectivity index (χ1) is 13.2. The van der Waals surface area contributed by atoms with Crippen LogP contribution in [0.25, 0.3) is 20.8 Å². The van der Waals surface area contributed by atoms with Gasteiger partial charge in [-0.15, -0.1) is 23.1 Å². The molecule has 0 atom stereocenters. The molecular weight excluding hydrogens is 380 g/mol. The molecule has 2 aromatic heterocycles. The third-order valence-corrected chi connectivity index (χ3v) is 5.74. The van der Waals surface area contributed by atoms with Crippen molar-refractivity contribution in [1.29, 1.82) is 0 Å². The third kappa shape index (κ3) is 4.35. The summed E-state index contributed by atoms with van der Waals surface area (Å²) in [4.78, 5) is 21.0. The van der Waals surface area contributed by atoms with E-state index in [9.17, 15) is 4.79 Å². The number of hydrogen-bond acceptors (Lipinski definition) is 7. The van der Waals surface area contributed by atoms with Crippen molar-refractivity contribution in [3.63, 3.8) is 0 Å².